The molecule has 0 aromatic heterocycles. The number of allylic oxidation sites excluding steroid dienone is 1. The molecule has 0 radical (unpaired) electrons. The minimum absolute atomic E-state index is 0.0299. The molecule has 3 nitrogen and oxygen atoms in total. The molecule has 0 saturated heterocycles. The molecule has 3 atom stereocenters. The van der Waals surface area contributed by atoms with Crippen LogP contribution in [0.2, 0.25) is 0 Å². The lowest BCUT2D eigenvalue weighted by atomic mass is 9.71. The zero-order valence-electron chi connectivity index (χ0n) is 9.24. The lowest BCUT2D eigenvalue weighted by Gasteiger charge is -2.37. The van der Waals surface area contributed by atoms with Crippen LogP contribution in [0.1, 0.15) is 32.1 Å². The Kier molecular flexibility index (Phi) is 3.10. The minimum Gasteiger partial charge on any atom is -0.469 e. The van der Waals surface area contributed by atoms with Crippen LogP contribution in [0, 0.1) is 11.8 Å². The Morgan fingerprint density at radius 2 is 2.33 bits per heavy atom. The molecule has 0 aromatic carbocycles. The highest BCUT2D eigenvalue weighted by molar-refractivity contribution is 5.73. The molecule has 2 aliphatic carbocycles. The molecule has 84 valence electrons. The monoisotopic (exact) mass is 209 g/mol. The van der Waals surface area contributed by atoms with Crippen molar-refractivity contribution in [2.75, 3.05) is 7.11 Å². The van der Waals surface area contributed by atoms with Crippen LogP contribution in [0.25, 0.3) is 0 Å². The number of esters is 1. The van der Waals surface area contributed by atoms with Gasteiger partial charge < -0.3 is 10.5 Å². The first-order valence-electron chi connectivity index (χ1n) is 5.76. The van der Waals surface area contributed by atoms with Crippen LogP contribution in [0.5, 0.6) is 0 Å². The molecule has 0 spiro atoms. The normalized spacial score (nSPS) is 35.3. The van der Waals surface area contributed by atoms with E-state index < -0.39 is 0 Å². The van der Waals surface area contributed by atoms with Gasteiger partial charge in [0.2, 0.25) is 0 Å². The molecule has 1 saturated carbocycles. The molecule has 0 bridgehead atoms. The van der Waals surface area contributed by atoms with Crippen molar-refractivity contribution in [1.29, 1.82) is 0 Å². The number of nitrogens with two attached hydrogens (primary N) is 1. The van der Waals surface area contributed by atoms with Crippen LogP contribution >= 0.6 is 0 Å². The van der Waals surface area contributed by atoms with Crippen molar-refractivity contribution in [3.8, 4) is 0 Å². The lowest BCUT2D eigenvalue weighted by Crippen LogP contribution is -2.45. The van der Waals surface area contributed by atoms with Crippen LogP contribution in [0.15, 0.2) is 11.6 Å². The summed E-state index contributed by atoms with van der Waals surface area (Å²) in [7, 11) is 1.44. The largest absolute Gasteiger partial charge is 0.469 e. The molecular weight excluding hydrogens is 190 g/mol. The van der Waals surface area contributed by atoms with E-state index in [1.807, 2.05) is 0 Å². The molecule has 3 heteroatoms. The van der Waals surface area contributed by atoms with Gasteiger partial charge in [-0.15, -0.1) is 0 Å². The molecule has 0 heterocycles. The molecule has 0 aliphatic heterocycles. The SMILES string of the molecule is COC(=O)[C@H]1CC=C2CCCC[C@@H]2[C@@H]1N. The summed E-state index contributed by atoms with van der Waals surface area (Å²) in [5, 5.41) is 0. The van der Waals surface area contributed by atoms with E-state index in [-0.39, 0.29) is 17.9 Å². The first-order valence-corrected chi connectivity index (χ1v) is 5.76. The van der Waals surface area contributed by atoms with Gasteiger partial charge in [-0.05, 0) is 31.6 Å². The number of ether oxygens (including phenoxy) is 1. The quantitative estimate of drug-likeness (QED) is 0.527. The van der Waals surface area contributed by atoms with Gasteiger partial charge >= 0.3 is 5.97 Å². The van der Waals surface area contributed by atoms with Crippen molar-refractivity contribution in [3.63, 3.8) is 0 Å². The Labute approximate surface area is 90.7 Å². The van der Waals surface area contributed by atoms with Crippen LogP contribution in [-0.2, 0) is 9.53 Å². The van der Waals surface area contributed by atoms with Crippen LogP contribution < -0.4 is 5.73 Å². The standard InChI is InChI=1S/C12H19NO2/c1-15-12(14)10-7-6-8-4-2-3-5-9(8)11(10)13/h6,9-11H,2-5,7,13H2,1H3/t9-,10-,11-/m0/s1. The fraction of sp³-hybridized carbons (Fsp3) is 0.750. The van der Waals surface area contributed by atoms with Crippen LogP contribution in [0.4, 0.5) is 0 Å². The third kappa shape index (κ3) is 1.93. The predicted molar refractivity (Wildman–Crippen MR) is 58.1 cm³/mol. The van der Waals surface area contributed by atoms with Crippen LogP contribution in [-0.4, -0.2) is 19.1 Å². The van der Waals surface area contributed by atoms with Crippen molar-refractivity contribution in [3.05, 3.63) is 11.6 Å². The number of hydrogen-bond donors (Lipinski definition) is 1. The topological polar surface area (TPSA) is 52.3 Å². The molecule has 2 aliphatic rings. The number of fused-ring (bicyclic) bond motifs is 1. The zero-order valence-corrected chi connectivity index (χ0v) is 9.24. The van der Waals surface area contributed by atoms with Gasteiger partial charge in [-0.1, -0.05) is 18.1 Å². The first kappa shape index (κ1) is 10.7. The molecule has 15 heavy (non-hydrogen) atoms. The fourth-order valence-electron chi connectivity index (χ4n) is 2.88. The highest BCUT2D eigenvalue weighted by Crippen LogP contribution is 2.38. The molecular formula is C12H19NO2. The van der Waals surface area contributed by atoms with Gasteiger partial charge in [-0.3, -0.25) is 4.79 Å². The summed E-state index contributed by atoms with van der Waals surface area (Å²) in [6.45, 7) is 0. The van der Waals surface area contributed by atoms with Crippen molar-refractivity contribution in [2.45, 2.75) is 38.1 Å². The Morgan fingerprint density at radius 3 is 3.07 bits per heavy atom. The van der Waals surface area contributed by atoms with Gasteiger partial charge in [0.05, 0.1) is 13.0 Å². The smallest absolute Gasteiger partial charge is 0.310 e. The third-order valence-electron chi connectivity index (χ3n) is 3.77. The highest BCUT2D eigenvalue weighted by Gasteiger charge is 2.37. The average molecular weight is 209 g/mol. The predicted octanol–water partition coefficient (Wildman–Crippen LogP) is 1.62. The Morgan fingerprint density at radius 1 is 1.53 bits per heavy atom. The van der Waals surface area contributed by atoms with E-state index in [0.717, 1.165) is 12.8 Å². The summed E-state index contributed by atoms with van der Waals surface area (Å²) in [6, 6.07) is -0.0299. The molecule has 0 aromatic rings. The number of methoxy groups -OCH3 is 1. The summed E-state index contributed by atoms with van der Waals surface area (Å²) in [4.78, 5) is 11.5. The Bertz CT molecular complexity index is 285. The average Bonchev–Trinajstić information content (AvgIpc) is 2.29. The molecule has 0 unspecified atom stereocenters. The van der Waals surface area contributed by atoms with Gasteiger partial charge in [0, 0.05) is 6.04 Å². The number of carbonyl (C=O) groups excluding carboxylic acids is 1. The molecule has 2 N–H and O–H groups in total. The van der Waals surface area contributed by atoms with E-state index in [0.29, 0.717) is 5.92 Å². The summed E-state index contributed by atoms with van der Waals surface area (Å²) in [5.74, 6) is 0.154. The second-order valence-electron chi connectivity index (χ2n) is 4.57. The summed E-state index contributed by atoms with van der Waals surface area (Å²) >= 11 is 0. The second kappa shape index (κ2) is 4.35. The molecule has 2 rings (SSSR count). The van der Waals surface area contributed by atoms with E-state index in [2.05, 4.69) is 6.08 Å². The Hall–Kier alpha value is -0.830. The maximum absolute atomic E-state index is 11.5. The van der Waals surface area contributed by atoms with Gasteiger partial charge in [-0.25, -0.2) is 0 Å². The van der Waals surface area contributed by atoms with Gasteiger partial charge in [0.1, 0.15) is 0 Å². The third-order valence-corrected chi connectivity index (χ3v) is 3.77. The van der Waals surface area contributed by atoms with E-state index in [9.17, 15) is 4.79 Å². The van der Waals surface area contributed by atoms with Crippen LogP contribution in [0.3, 0.4) is 0 Å². The van der Waals surface area contributed by atoms with Gasteiger partial charge in [0.25, 0.3) is 0 Å². The maximum atomic E-state index is 11.5. The summed E-state index contributed by atoms with van der Waals surface area (Å²) in [6.07, 6.45) is 7.81. The zero-order chi connectivity index (χ0) is 10.8. The van der Waals surface area contributed by atoms with Gasteiger partial charge in [-0.2, -0.15) is 0 Å². The van der Waals surface area contributed by atoms with E-state index >= 15 is 0 Å². The summed E-state index contributed by atoms with van der Waals surface area (Å²) < 4.78 is 4.79. The van der Waals surface area contributed by atoms with Crippen molar-refractivity contribution in [1.82, 2.24) is 0 Å². The van der Waals surface area contributed by atoms with Crippen molar-refractivity contribution < 1.29 is 9.53 Å². The number of rotatable bonds is 1. The fourth-order valence-corrected chi connectivity index (χ4v) is 2.88. The minimum atomic E-state index is -0.150. The van der Waals surface area contributed by atoms with E-state index in [1.165, 1.54) is 31.9 Å². The van der Waals surface area contributed by atoms with Gasteiger partial charge in [0.15, 0.2) is 0 Å². The highest BCUT2D eigenvalue weighted by atomic mass is 16.5. The maximum Gasteiger partial charge on any atom is 0.310 e. The molecule has 0 amide bonds. The first-order chi connectivity index (χ1) is 7.24. The number of carbonyl (C=O) groups is 1. The van der Waals surface area contributed by atoms with E-state index in [1.54, 1.807) is 0 Å². The second-order valence-corrected chi connectivity index (χ2v) is 4.57. The summed E-state index contributed by atoms with van der Waals surface area (Å²) in [5.41, 5.74) is 7.65. The molecule has 1 fully saturated rings. The number of hydrogen-bond acceptors (Lipinski definition) is 3. The van der Waals surface area contributed by atoms with E-state index in [4.69, 9.17) is 10.5 Å². The lowest BCUT2D eigenvalue weighted by molar-refractivity contribution is -0.146. The Balaban J connectivity index is 2.14. The van der Waals surface area contributed by atoms with Crippen molar-refractivity contribution in [2.24, 2.45) is 17.6 Å². The van der Waals surface area contributed by atoms with Crippen molar-refractivity contribution >= 4 is 5.97 Å².